The summed E-state index contributed by atoms with van der Waals surface area (Å²) in [4.78, 5) is 24.7. The Morgan fingerprint density at radius 3 is 2.04 bits per heavy atom. The number of methoxy groups -OCH3 is 1. The smallest absolute Gasteiger partial charge is 0.239 e. The number of halogens is 3. The first kappa shape index (κ1) is 19.3. The zero-order chi connectivity index (χ0) is 19.5. The molecule has 0 saturated heterocycles. The number of rotatable bonds is 5. The van der Waals surface area contributed by atoms with Gasteiger partial charge in [0.1, 0.15) is 11.2 Å². The van der Waals surface area contributed by atoms with E-state index in [-0.39, 0.29) is 0 Å². The van der Waals surface area contributed by atoms with Crippen LogP contribution in [0.5, 0.6) is 5.75 Å². The van der Waals surface area contributed by atoms with E-state index in [1.54, 1.807) is 24.3 Å². The topological polar surface area (TPSA) is 67.4 Å². The van der Waals surface area contributed by atoms with E-state index in [1.165, 1.54) is 21.0 Å². The average molecular weight is 366 g/mol. The molecule has 0 atom stereocenters. The predicted octanol–water partition coefficient (Wildman–Crippen LogP) is 3.72. The molecule has 0 aromatic heterocycles. The highest BCUT2D eigenvalue weighted by Crippen LogP contribution is 2.25. The van der Waals surface area contributed by atoms with Gasteiger partial charge in [0, 0.05) is 5.69 Å². The maximum absolute atomic E-state index is 13.7. The molecule has 0 spiro atoms. The van der Waals surface area contributed by atoms with Gasteiger partial charge < -0.3 is 15.4 Å². The molecule has 0 aliphatic heterocycles. The number of amides is 2. The number of carbonyl (C=O) groups excluding carboxylic acids is 2. The van der Waals surface area contributed by atoms with E-state index in [4.69, 9.17) is 4.74 Å². The lowest BCUT2D eigenvalue weighted by molar-refractivity contribution is -0.135. The van der Waals surface area contributed by atoms with Crippen molar-refractivity contribution in [3.8, 4) is 5.75 Å². The van der Waals surface area contributed by atoms with Gasteiger partial charge in [0.05, 0.1) is 12.8 Å². The Morgan fingerprint density at radius 2 is 1.46 bits per heavy atom. The van der Waals surface area contributed by atoms with Crippen LogP contribution >= 0.6 is 0 Å². The van der Waals surface area contributed by atoms with Crippen LogP contribution in [0.3, 0.4) is 0 Å². The van der Waals surface area contributed by atoms with E-state index in [2.05, 4.69) is 10.6 Å². The molecule has 26 heavy (non-hydrogen) atoms. The lowest BCUT2D eigenvalue weighted by Crippen LogP contribution is -2.41. The zero-order valence-corrected chi connectivity index (χ0v) is 14.3. The second kappa shape index (κ2) is 7.47. The molecule has 0 unspecified atom stereocenters. The second-order valence-corrected chi connectivity index (χ2v) is 5.98. The van der Waals surface area contributed by atoms with Crippen LogP contribution < -0.4 is 15.4 Å². The number of hydrogen-bond donors (Lipinski definition) is 2. The molecule has 0 radical (unpaired) electrons. The van der Waals surface area contributed by atoms with Gasteiger partial charge in [-0.1, -0.05) is 0 Å². The minimum atomic E-state index is -1.71. The summed E-state index contributed by atoms with van der Waals surface area (Å²) in [7, 11) is 1.50. The molecule has 0 aliphatic carbocycles. The maximum atomic E-state index is 13.7. The predicted molar refractivity (Wildman–Crippen MR) is 90.4 cm³/mol. The van der Waals surface area contributed by atoms with Gasteiger partial charge in [-0.05, 0) is 50.2 Å². The standard InChI is InChI=1S/C18H17F3N2O3/c1-18(2,16(24)22-10-4-6-11(26-3)7-5-10)17(25)23-13-9-8-12(19)14(20)15(13)21/h4-9H,1-3H3,(H,22,24)(H,23,25). The van der Waals surface area contributed by atoms with Crippen molar-refractivity contribution in [1.29, 1.82) is 0 Å². The number of hydrogen-bond acceptors (Lipinski definition) is 3. The highest BCUT2D eigenvalue weighted by atomic mass is 19.2. The normalized spacial score (nSPS) is 11.0. The summed E-state index contributed by atoms with van der Waals surface area (Å²) in [5.74, 6) is -5.57. The van der Waals surface area contributed by atoms with E-state index in [9.17, 15) is 22.8 Å². The quantitative estimate of drug-likeness (QED) is 0.626. The van der Waals surface area contributed by atoms with Gasteiger partial charge in [0.15, 0.2) is 17.5 Å². The lowest BCUT2D eigenvalue weighted by atomic mass is 9.90. The van der Waals surface area contributed by atoms with Gasteiger partial charge in [-0.15, -0.1) is 0 Å². The summed E-state index contributed by atoms with van der Waals surface area (Å²) < 4.78 is 44.9. The third-order valence-electron chi connectivity index (χ3n) is 3.77. The number of anilines is 2. The number of benzene rings is 2. The van der Waals surface area contributed by atoms with E-state index in [1.807, 2.05) is 0 Å². The van der Waals surface area contributed by atoms with E-state index in [0.717, 1.165) is 6.07 Å². The van der Waals surface area contributed by atoms with Gasteiger partial charge in [0.2, 0.25) is 11.8 Å². The molecular weight excluding hydrogens is 349 g/mol. The fourth-order valence-corrected chi connectivity index (χ4v) is 1.97. The van der Waals surface area contributed by atoms with Gasteiger partial charge in [-0.25, -0.2) is 13.2 Å². The Bertz CT molecular complexity index is 836. The Kier molecular flexibility index (Phi) is 5.54. The van der Waals surface area contributed by atoms with Crippen molar-refractivity contribution >= 4 is 23.2 Å². The van der Waals surface area contributed by atoms with Crippen LogP contribution in [0.1, 0.15) is 13.8 Å². The highest BCUT2D eigenvalue weighted by molar-refractivity contribution is 6.14. The minimum absolute atomic E-state index is 0.427. The van der Waals surface area contributed by atoms with Gasteiger partial charge in [-0.2, -0.15) is 0 Å². The van der Waals surface area contributed by atoms with Crippen LogP contribution in [-0.4, -0.2) is 18.9 Å². The van der Waals surface area contributed by atoms with Gasteiger partial charge >= 0.3 is 0 Å². The minimum Gasteiger partial charge on any atom is -0.497 e. The van der Waals surface area contributed by atoms with Gasteiger partial charge in [-0.3, -0.25) is 9.59 Å². The van der Waals surface area contributed by atoms with Crippen molar-refractivity contribution in [3.63, 3.8) is 0 Å². The van der Waals surface area contributed by atoms with Crippen LogP contribution in [0.15, 0.2) is 36.4 Å². The third kappa shape index (κ3) is 3.96. The van der Waals surface area contributed by atoms with Crippen LogP contribution in [0, 0.1) is 22.9 Å². The van der Waals surface area contributed by atoms with E-state index >= 15 is 0 Å². The Labute approximate surface area is 148 Å². The first-order chi connectivity index (χ1) is 12.2. The van der Waals surface area contributed by atoms with Crippen LogP contribution in [0.25, 0.3) is 0 Å². The maximum Gasteiger partial charge on any atom is 0.239 e. The van der Waals surface area contributed by atoms with Crippen LogP contribution in [0.4, 0.5) is 24.5 Å². The molecule has 2 amide bonds. The molecule has 8 heteroatoms. The van der Waals surface area contributed by atoms with E-state index in [0.29, 0.717) is 17.5 Å². The SMILES string of the molecule is COc1ccc(NC(=O)C(C)(C)C(=O)Nc2ccc(F)c(F)c2F)cc1. The van der Waals surface area contributed by atoms with Gasteiger partial charge in [0.25, 0.3) is 0 Å². The average Bonchev–Trinajstić information content (AvgIpc) is 2.62. The summed E-state index contributed by atoms with van der Waals surface area (Å²) >= 11 is 0. The fourth-order valence-electron chi connectivity index (χ4n) is 1.97. The van der Waals surface area contributed by atoms with Crippen molar-refractivity contribution in [2.24, 2.45) is 5.41 Å². The molecule has 0 aliphatic rings. The van der Waals surface area contributed by atoms with Crippen molar-refractivity contribution in [2.45, 2.75) is 13.8 Å². The summed E-state index contributed by atoms with van der Waals surface area (Å²) in [6.45, 7) is 2.64. The molecule has 138 valence electrons. The first-order valence-corrected chi connectivity index (χ1v) is 7.57. The molecule has 0 fully saturated rings. The van der Waals surface area contributed by atoms with Crippen molar-refractivity contribution in [3.05, 3.63) is 53.8 Å². The number of nitrogens with one attached hydrogen (secondary N) is 2. The number of ether oxygens (including phenoxy) is 1. The van der Waals surface area contributed by atoms with Crippen LogP contribution in [-0.2, 0) is 9.59 Å². The summed E-state index contributed by atoms with van der Waals surface area (Å²) in [5, 5.41) is 4.65. The second-order valence-electron chi connectivity index (χ2n) is 5.98. The Morgan fingerprint density at radius 1 is 0.885 bits per heavy atom. The number of carbonyl (C=O) groups is 2. The fraction of sp³-hybridized carbons (Fsp3) is 0.222. The molecule has 2 rings (SSSR count). The van der Waals surface area contributed by atoms with E-state index < -0.39 is 40.4 Å². The molecular formula is C18H17F3N2O3. The summed E-state index contributed by atoms with van der Waals surface area (Å²) in [5.41, 5.74) is -1.74. The molecule has 0 saturated carbocycles. The summed E-state index contributed by atoms with van der Waals surface area (Å²) in [6, 6.07) is 7.97. The zero-order valence-electron chi connectivity index (χ0n) is 14.3. The first-order valence-electron chi connectivity index (χ1n) is 7.57. The largest absolute Gasteiger partial charge is 0.497 e. The Hall–Kier alpha value is -3.03. The molecule has 2 aromatic carbocycles. The lowest BCUT2D eigenvalue weighted by Gasteiger charge is -2.23. The molecule has 2 aromatic rings. The molecule has 5 nitrogen and oxygen atoms in total. The molecule has 2 N–H and O–H groups in total. The Balaban J connectivity index is 2.13. The monoisotopic (exact) mass is 366 g/mol. The summed E-state index contributed by atoms with van der Waals surface area (Å²) in [6.07, 6.45) is 0. The highest BCUT2D eigenvalue weighted by Gasteiger charge is 2.36. The van der Waals surface area contributed by atoms with Crippen LogP contribution in [0.2, 0.25) is 0 Å². The van der Waals surface area contributed by atoms with Crippen molar-refractivity contribution < 1.29 is 27.5 Å². The van der Waals surface area contributed by atoms with Crippen molar-refractivity contribution in [1.82, 2.24) is 0 Å². The van der Waals surface area contributed by atoms with Crippen molar-refractivity contribution in [2.75, 3.05) is 17.7 Å². The third-order valence-corrected chi connectivity index (χ3v) is 3.77. The molecule has 0 bridgehead atoms. The molecule has 0 heterocycles.